The van der Waals surface area contributed by atoms with E-state index in [1.54, 1.807) is 19.2 Å². The number of rotatable bonds is 4. The van der Waals surface area contributed by atoms with Crippen LogP contribution < -0.4 is 9.47 Å². The first-order chi connectivity index (χ1) is 15.6. The van der Waals surface area contributed by atoms with Crippen LogP contribution in [0.15, 0.2) is 71.8 Å². The molecule has 0 bridgehead atoms. The Balaban J connectivity index is 1.57. The normalized spacial score (nSPS) is 18.8. The fourth-order valence-electron chi connectivity index (χ4n) is 4.18. The van der Waals surface area contributed by atoms with Gasteiger partial charge in [-0.25, -0.2) is 9.80 Å². The Morgan fingerprint density at radius 2 is 1.81 bits per heavy atom. The maximum absolute atomic E-state index is 11.8. The molecule has 2 aliphatic rings. The Morgan fingerprint density at radius 3 is 2.50 bits per heavy atom. The van der Waals surface area contributed by atoms with Crippen molar-refractivity contribution < 1.29 is 19.0 Å². The van der Waals surface area contributed by atoms with E-state index in [1.165, 1.54) is 7.11 Å². The molecular formula is C25H21ClN2O4. The quantitative estimate of drug-likeness (QED) is 0.501. The summed E-state index contributed by atoms with van der Waals surface area (Å²) >= 11 is 6.07. The lowest BCUT2D eigenvalue weighted by atomic mass is 9.95. The van der Waals surface area contributed by atoms with Gasteiger partial charge in [0, 0.05) is 22.6 Å². The van der Waals surface area contributed by atoms with Gasteiger partial charge in [0.15, 0.2) is 11.5 Å². The van der Waals surface area contributed by atoms with Crippen molar-refractivity contribution in [2.45, 2.75) is 18.7 Å². The molecule has 0 radical (unpaired) electrons. The fraction of sp³-hybridized carbons (Fsp3) is 0.200. The summed E-state index contributed by atoms with van der Waals surface area (Å²) in [7, 11) is 3.00. The average molecular weight is 449 g/mol. The van der Waals surface area contributed by atoms with Crippen molar-refractivity contribution >= 4 is 23.3 Å². The molecule has 0 aliphatic carbocycles. The van der Waals surface area contributed by atoms with Crippen molar-refractivity contribution in [1.82, 2.24) is 5.01 Å². The Bertz CT molecular complexity index is 1190. The topological polar surface area (TPSA) is 60.4 Å². The van der Waals surface area contributed by atoms with E-state index in [0.29, 0.717) is 22.1 Å². The van der Waals surface area contributed by atoms with Gasteiger partial charge in [0.05, 0.1) is 31.5 Å². The summed E-state index contributed by atoms with van der Waals surface area (Å²) in [6, 6.07) is 20.8. The molecule has 0 saturated heterocycles. The van der Waals surface area contributed by atoms with Gasteiger partial charge in [-0.15, -0.1) is 0 Å². The van der Waals surface area contributed by atoms with Gasteiger partial charge in [0.1, 0.15) is 0 Å². The molecule has 6 nitrogen and oxygen atoms in total. The predicted octanol–water partition coefficient (Wildman–Crippen LogP) is 5.38. The van der Waals surface area contributed by atoms with Gasteiger partial charge in [0.25, 0.3) is 0 Å². The highest BCUT2D eigenvalue weighted by atomic mass is 35.5. The first-order valence-corrected chi connectivity index (χ1v) is 10.6. The zero-order valence-corrected chi connectivity index (χ0v) is 18.4. The minimum Gasteiger partial charge on any atom is -0.493 e. The zero-order valence-electron chi connectivity index (χ0n) is 17.6. The molecule has 0 aromatic heterocycles. The third-order valence-electron chi connectivity index (χ3n) is 5.79. The Labute approximate surface area is 191 Å². The molecule has 0 amide bonds. The van der Waals surface area contributed by atoms with Crippen LogP contribution in [0.2, 0.25) is 5.02 Å². The van der Waals surface area contributed by atoms with Crippen LogP contribution in [0.1, 0.15) is 45.7 Å². The van der Waals surface area contributed by atoms with Crippen molar-refractivity contribution in [2.75, 3.05) is 14.2 Å². The van der Waals surface area contributed by atoms with Crippen LogP contribution in [0.5, 0.6) is 11.5 Å². The smallest absolute Gasteiger partial charge is 0.337 e. The number of hydrogen-bond donors (Lipinski definition) is 0. The number of esters is 1. The maximum atomic E-state index is 11.8. The van der Waals surface area contributed by atoms with E-state index in [1.807, 2.05) is 59.6 Å². The minimum absolute atomic E-state index is 0.00943. The molecule has 32 heavy (non-hydrogen) atoms. The van der Waals surface area contributed by atoms with Gasteiger partial charge in [-0.3, -0.25) is 0 Å². The number of carbonyl (C=O) groups excluding carboxylic acids is 1. The van der Waals surface area contributed by atoms with Crippen LogP contribution in [0.4, 0.5) is 0 Å². The monoisotopic (exact) mass is 448 g/mol. The zero-order chi connectivity index (χ0) is 22.2. The number of fused-ring (bicyclic) bond motifs is 3. The van der Waals surface area contributed by atoms with Crippen LogP contribution in [0.25, 0.3) is 0 Å². The minimum atomic E-state index is -0.472. The Hall–Kier alpha value is -3.51. The van der Waals surface area contributed by atoms with E-state index in [4.69, 9.17) is 30.9 Å². The SMILES string of the molecule is COC(=O)c1ccc([C@H]2Oc3c(OC)cccc3[C@H]3CC(c4ccc(Cl)cc4)=NN32)cc1. The highest BCUT2D eigenvalue weighted by Gasteiger charge is 2.42. The molecule has 3 aromatic rings. The van der Waals surface area contributed by atoms with Gasteiger partial charge in [-0.05, 0) is 35.9 Å². The number of hydrogen-bond acceptors (Lipinski definition) is 6. The predicted molar refractivity (Wildman–Crippen MR) is 121 cm³/mol. The Morgan fingerprint density at radius 1 is 1.06 bits per heavy atom. The van der Waals surface area contributed by atoms with Crippen molar-refractivity contribution in [3.63, 3.8) is 0 Å². The number of nitrogens with zero attached hydrogens (tertiary/aromatic N) is 2. The lowest BCUT2D eigenvalue weighted by Gasteiger charge is -2.38. The maximum Gasteiger partial charge on any atom is 0.337 e. The van der Waals surface area contributed by atoms with Crippen LogP contribution >= 0.6 is 11.6 Å². The largest absolute Gasteiger partial charge is 0.493 e. The van der Waals surface area contributed by atoms with Gasteiger partial charge in [-0.1, -0.05) is 48.0 Å². The van der Waals surface area contributed by atoms with Crippen LogP contribution in [-0.4, -0.2) is 30.9 Å². The fourth-order valence-corrected chi connectivity index (χ4v) is 4.31. The second-order valence-electron chi connectivity index (χ2n) is 7.62. The van der Waals surface area contributed by atoms with Crippen molar-refractivity contribution in [3.8, 4) is 11.5 Å². The van der Waals surface area contributed by atoms with E-state index >= 15 is 0 Å². The van der Waals surface area contributed by atoms with Crippen molar-refractivity contribution in [3.05, 3.63) is 94.0 Å². The lowest BCUT2D eigenvalue weighted by Crippen LogP contribution is -2.33. The summed E-state index contributed by atoms with van der Waals surface area (Å²) in [5, 5.41) is 7.62. The molecule has 5 rings (SSSR count). The summed E-state index contributed by atoms with van der Waals surface area (Å²) in [6.07, 6.45) is 0.252. The summed E-state index contributed by atoms with van der Waals surface area (Å²) < 4.78 is 16.8. The second-order valence-corrected chi connectivity index (χ2v) is 8.05. The molecule has 2 heterocycles. The Kier molecular flexibility index (Phi) is 5.23. The number of para-hydroxylation sites is 1. The molecule has 7 heteroatoms. The summed E-state index contributed by atoms with van der Waals surface area (Å²) in [5.41, 5.74) is 4.36. The molecule has 2 atom stereocenters. The van der Waals surface area contributed by atoms with E-state index in [0.717, 1.165) is 28.8 Å². The van der Waals surface area contributed by atoms with E-state index in [-0.39, 0.29) is 12.0 Å². The number of halogens is 1. The molecule has 0 N–H and O–H groups in total. The number of benzene rings is 3. The molecule has 2 aliphatic heterocycles. The van der Waals surface area contributed by atoms with E-state index in [2.05, 4.69) is 0 Å². The number of ether oxygens (including phenoxy) is 3. The number of hydrazone groups is 1. The second kappa shape index (κ2) is 8.20. The van der Waals surface area contributed by atoms with Crippen LogP contribution in [0, 0.1) is 0 Å². The lowest BCUT2D eigenvalue weighted by molar-refractivity contribution is -0.0209. The molecule has 0 saturated carbocycles. The third-order valence-corrected chi connectivity index (χ3v) is 6.05. The molecule has 0 spiro atoms. The number of carbonyl (C=O) groups is 1. The highest BCUT2D eigenvalue weighted by molar-refractivity contribution is 6.30. The average Bonchev–Trinajstić information content (AvgIpc) is 3.29. The molecule has 0 fully saturated rings. The van der Waals surface area contributed by atoms with Gasteiger partial charge >= 0.3 is 5.97 Å². The van der Waals surface area contributed by atoms with Gasteiger partial charge in [0.2, 0.25) is 6.23 Å². The van der Waals surface area contributed by atoms with E-state index in [9.17, 15) is 4.79 Å². The molecule has 3 aromatic carbocycles. The molecular weight excluding hydrogens is 428 g/mol. The van der Waals surface area contributed by atoms with Crippen molar-refractivity contribution in [2.24, 2.45) is 5.10 Å². The van der Waals surface area contributed by atoms with Gasteiger partial charge < -0.3 is 14.2 Å². The summed E-state index contributed by atoms with van der Waals surface area (Å²) in [5.74, 6) is 1.01. The first-order valence-electron chi connectivity index (χ1n) is 10.2. The molecule has 162 valence electrons. The highest BCUT2D eigenvalue weighted by Crippen LogP contribution is 2.50. The number of methoxy groups -OCH3 is 2. The summed E-state index contributed by atoms with van der Waals surface area (Å²) in [4.78, 5) is 11.8. The molecule has 0 unspecified atom stereocenters. The standard InChI is InChI=1S/C25H21ClN2O4/c1-30-22-5-3-4-19-21-14-20(15-10-12-18(26)13-11-15)27-28(21)24(32-23(19)22)16-6-8-17(9-7-16)25(29)31-2/h3-13,21,24H,14H2,1-2H3/t21-,24-/m1/s1. The summed E-state index contributed by atoms with van der Waals surface area (Å²) in [6.45, 7) is 0. The van der Waals surface area contributed by atoms with Crippen LogP contribution in [0.3, 0.4) is 0 Å². The van der Waals surface area contributed by atoms with Crippen LogP contribution in [-0.2, 0) is 4.74 Å². The third kappa shape index (κ3) is 3.46. The first kappa shape index (κ1) is 20.4. The van der Waals surface area contributed by atoms with Crippen molar-refractivity contribution in [1.29, 1.82) is 0 Å². The van der Waals surface area contributed by atoms with E-state index < -0.39 is 6.23 Å². The van der Waals surface area contributed by atoms with Gasteiger partial charge in [-0.2, -0.15) is 5.10 Å².